The maximum Gasteiger partial charge on any atom is 0.142 e. The average Bonchev–Trinajstić information content (AvgIpc) is 2.58. The molecule has 2 aromatic carbocycles. The van der Waals surface area contributed by atoms with E-state index in [4.69, 9.17) is 4.74 Å². The Hall–Kier alpha value is -2.00. The number of rotatable bonds is 4. The zero-order chi connectivity index (χ0) is 15.4. The third kappa shape index (κ3) is 3.25. The molecule has 0 aliphatic carbocycles. The molecule has 0 bridgehead atoms. The molecule has 3 rings (SSSR count). The van der Waals surface area contributed by atoms with Crippen LogP contribution in [-0.2, 0) is 6.42 Å². The van der Waals surface area contributed by atoms with E-state index in [0.717, 1.165) is 31.8 Å². The first kappa shape index (κ1) is 14.9. The van der Waals surface area contributed by atoms with Crippen LogP contribution in [0.4, 0.5) is 5.69 Å². The van der Waals surface area contributed by atoms with Gasteiger partial charge < -0.3 is 9.64 Å². The molecule has 1 atom stereocenters. The number of anilines is 1. The van der Waals surface area contributed by atoms with Gasteiger partial charge in [0.25, 0.3) is 0 Å². The minimum absolute atomic E-state index is 0.529. The summed E-state index contributed by atoms with van der Waals surface area (Å²) in [5, 5.41) is 0. The Labute approximate surface area is 133 Å². The summed E-state index contributed by atoms with van der Waals surface area (Å²) in [7, 11) is 3.98. The van der Waals surface area contributed by atoms with Crippen LogP contribution in [0.1, 0.15) is 5.56 Å². The Bertz CT molecular complexity index is 599. The first-order valence-corrected chi connectivity index (χ1v) is 7.90. The third-order valence-corrected chi connectivity index (χ3v) is 4.52. The molecule has 1 fully saturated rings. The standard InChI is InChI=1S/C19H24N2O/c1-20-12-13-21(18-10-6-7-11-19(18)22-2)15-17(20)14-16-8-4-3-5-9-16/h3-11,17H,12-15H2,1-2H3. The molecule has 1 saturated heterocycles. The fraction of sp³-hybridized carbons (Fsp3) is 0.368. The van der Waals surface area contributed by atoms with E-state index in [-0.39, 0.29) is 0 Å². The molecule has 1 aliphatic rings. The number of ether oxygens (including phenoxy) is 1. The molecule has 3 nitrogen and oxygen atoms in total. The van der Waals surface area contributed by atoms with E-state index < -0.39 is 0 Å². The molecule has 2 aromatic rings. The topological polar surface area (TPSA) is 15.7 Å². The monoisotopic (exact) mass is 296 g/mol. The molecule has 0 saturated carbocycles. The smallest absolute Gasteiger partial charge is 0.142 e. The first-order chi connectivity index (χ1) is 10.8. The van der Waals surface area contributed by atoms with Crippen LogP contribution >= 0.6 is 0 Å². The summed E-state index contributed by atoms with van der Waals surface area (Å²) in [6, 6.07) is 19.6. The lowest BCUT2D eigenvalue weighted by atomic mass is 10.0. The van der Waals surface area contributed by atoms with Gasteiger partial charge in [-0.25, -0.2) is 0 Å². The molecule has 1 unspecified atom stereocenters. The van der Waals surface area contributed by atoms with Gasteiger partial charge in [-0.3, -0.25) is 4.90 Å². The van der Waals surface area contributed by atoms with Gasteiger partial charge in [0, 0.05) is 25.7 Å². The molecule has 1 aliphatic heterocycles. The number of piperazine rings is 1. The molecular formula is C19H24N2O. The predicted octanol–water partition coefficient (Wildman–Crippen LogP) is 3.06. The summed E-state index contributed by atoms with van der Waals surface area (Å²) < 4.78 is 5.52. The van der Waals surface area contributed by atoms with E-state index in [9.17, 15) is 0 Å². The van der Waals surface area contributed by atoms with Gasteiger partial charge in [0.15, 0.2) is 0 Å². The van der Waals surface area contributed by atoms with Gasteiger partial charge in [0.1, 0.15) is 5.75 Å². The fourth-order valence-electron chi connectivity index (χ4n) is 3.16. The molecule has 0 amide bonds. The van der Waals surface area contributed by atoms with Crippen LogP contribution < -0.4 is 9.64 Å². The van der Waals surface area contributed by atoms with E-state index in [0.29, 0.717) is 6.04 Å². The van der Waals surface area contributed by atoms with E-state index in [2.05, 4.69) is 59.3 Å². The van der Waals surface area contributed by atoms with Crippen molar-refractivity contribution in [3.8, 4) is 5.75 Å². The Morgan fingerprint density at radius 2 is 1.73 bits per heavy atom. The van der Waals surface area contributed by atoms with Gasteiger partial charge in [-0.1, -0.05) is 42.5 Å². The van der Waals surface area contributed by atoms with Crippen LogP contribution in [0.3, 0.4) is 0 Å². The lowest BCUT2D eigenvalue weighted by Gasteiger charge is -2.41. The predicted molar refractivity (Wildman–Crippen MR) is 91.8 cm³/mol. The zero-order valence-electron chi connectivity index (χ0n) is 13.4. The second-order valence-electron chi connectivity index (χ2n) is 5.94. The van der Waals surface area contributed by atoms with Gasteiger partial charge in [-0.2, -0.15) is 0 Å². The summed E-state index contributed by atoms with van der Waals surface area (Å²) >= 11 is 0. The highest BCUT2D eigenvalue weighted by Gasteiger charge is 2.25. The summed E-state index contributed by atoms with van der Waals surface area (Å²) in [5.74, 6) is 0.963. The largest absolute Gasteiger partial charge is 0.495 e. The highest BCUT2D eigenvalue weighted by atomic mass is 16.5. The van der Waals surface area contributed by atoms with Crippen LogP contribution in [0.25, 0.3) is 0 Å². The van der Waals surface area contributed by atoms with E-state index in [1.807, 2.05) is 12.1 Å². The summed E-state index contributed by atoms with van der Waals surface area (Å²) in [6.07, 6.45) is 1.09. The molecule has 116 valence electrons. The Balaban J connectivity index is 1.76. The Kier molecular flexibility index (Phi) is 4.64. The molecule has 0 aromatic heterocycles. The molecule has 0 spiro atoms. The van der Waals surface area contributed by atoms with Crippen molar-refractivity contribution in [1.29, 1.82) is 0 Å². The van der Waals surface area contributed by atoms with Crippen molar-refractivity contribution >= 4 is 5.69 Å². The van der Waals surface area contributed by atoms with Crippen LogP contribution in [0.5, 0.6) is 5.75 Å². The lowest BCUT2D eigenvalue weighted by molar-refractivity contribution is 0.216. The summed E-state index contributed by atoms with van der Waals surface area (Å²) in [5.41, 5.74) is 2.61. The Morgan fingerprint density at radius 3 is 2.50 bits per heavy atom. The SMILES string of the molecule is COc1ccccc1N1CCN(C)C(Cc2ccccc2)C1. The maximum absolute atomic E-state index is 5.52. The zero-order valence-corrected chi connectivity index (χ0v) is 13.4. The quantitative estimate of drug-likeness (QED) is 0.862. The molecule has 22 heavy (non-hydrogen) atoms. The number of benzene rings is 2. The van der Waals surface area contributed by atoms with Crippen LogP contribution in [0, 0.1) is 0 Å². The maximum atomic E-state index is 5.52. The molecule has 0 radical (unpaired) electrons. The number of hydrogen-bond donors (Lipinski definition) is 0. The van der Waals surface area contributed by atoms with Crippen molar-refractivity contribution < 1.29 is 4.74 Å². The molecule has 1 heterocycles. The number of para-hydroxylation sites is 2. The highest BCUT2D eigenvalue weighted by molar-refractivity contribution is 5.58. The second-order valence-corrected chi connectivity index (χ2v) is 5.94. The van der Waals surface area contributed by atoms with Crippen molar-refractivity contribution in [2.75, 3.05) is 38.7 Å². The normalized spacial score (nSPS) is 19.2. The van der Waals surface area contributed by atoms with Crippen molar-refractivity contribution in [2.24, 2.45) is 0 Å². The average molecular weight is 296 g/mol. The third-order valence-electron chi connectivity index (χ3n) is 4.52. The van der Waals surface area contributed by atoms with Gasteiger partial charge in [0.05, 0.1) is 12.8 Å². The number of nitrogens with zero attached hydrogens (tertiary/aromatic N) is 2. The summed E-state index contributed by atoms with van der Waals surface area (Å²) in [4.78, 5) is 4.92. The van der Waals surface area contributed by atoms with Crippen molar-refractivity contribution in [1.82, 2.24) is 4.90 Å². The Morgan fingerprint density at radius 1 is 1.00 bits per heavy atom. The fourth-order valence-corrected chi connectivity index (χ4v) is 3.16. The van der Waals surface area contributed by atoms with Crippen molar-refractivity contribution in [3.05, 3.63) is 60.2 Å². The molecule has 0 N–H and O–H groups in total. The van der Waals surface area contributed by atoms with Crippen LogP contribution in [0.15, 0.2) is 54.6 Å². The van der Waals surface area contributed by atoms with E-state index in [1.165, 1.54) is 11.3 Å². The minimum atomic E-state index is 0.529. The summed E-state index contributed by atoms with van der Waals surface area (Å²) in [6.45, 7) is 3.16. The minimum Gasteiger partial charge on any atom is -0.495 e. The molecular weight excluding hydrogens is 272 g/mol. The van der Waals surface area contributed by atoms with Crippen molar-refractivity contribution in [2.45, 2.75) is 12.5 Å². The van der Waals surface area contributed by atoms with Gasteiger partial charge in [0.2, 0.25) is 0 Å². The number of likely N-dealkylation sites (N-methyl/N-ethyl adjacent to an activating group) is 1. The van der Waals surface area contributed by atoms with Gasteiger partial charge in [-0.15, -0.1) is 0 Å². The van der Waals surface area contributed by atoms with E-state index >= 15 is 0 Å². The highest BCUT2D eigenvalue weighted by Crippen LogP contribution is 2.29. The van der Waals surface area contributed by atoms with Crippen molar-refractivity contribution in [3.63, 3.8) is 0 Å². The number of methoxy groups -OCH3 is 1. The van der Waals surface area contributed by atoms with Crippen LogP contribution in [-0.4, -0.2) is 44.7 Å². The molecule has 3 heteroatoms. The van der Waals surface area contributed by atoms with E-state index in [1.54, 1.807) is 7.11 Å². The van der Waals surface area contributed by atoms with Gasteiger partial charge >= 0.3 is 0 Å². The van der Waals surface area contributed by atoms with Crippen LogP contribution in [0.2, 0.25) is 0 Å². The first-order valence-electron chi connectivity index (χ1n) is 7.90. The second kappa shape index (κ2) is 6.84. The lowest BCUT2D eigenvalue weighted by Crippen LogP contribution is -2.52. The van der Waals surface area contributed by atoms with Gasteiger partial charge in [-0.05, 0) is 31.2 Å². The number of hydrogen-bond acceptors (Lipinski definition) is 3.